The van der Waals surface area contributed by atoms with Crippen LogP contribution >= 0.6 is 0 Å². The number of nitrogens with zero attached hydrogens (tertiary/aromatic N) is 1. The Morgan fingerprint density at radius 1 is 1.43 bits per heavy atom. The van der Waals surface area contributed by atoms with Crippen molar-refractivity contribution in [3.05, 3.63) is 29.3 Å². The van der Waals surface area contributed by atoms with E-state index < -0.39 is 5.97 Å². The summed E-state index contributed by atoms with van der Waals surface area (Å²) in [5, 5.41) is 29.4. The van der Waals surface area contributed by atoms with Gasteiger partial charge in [0.05, 0.1) is 11.3 Å². The van der Waals surface area contributed by atoms with Gasteiger partial charge in [0.15, 0.2) is 0 Å². The normalized spacial score (nSPS) is 11.4. The minimum absolute atomic E-state index is 0.0285. The number of aromatic carboxylic acids is 1. The molecular weight excluding hydrogens is 186 g/mol. The number of aromatic hydroxyl groups is 1. The third-order valence-corrected chi connectivity index (χ3v) is 1.78. The molecule has 0 bridgehead atoms. The van der Waals surface area contributed by atoms with Gasteiger partial charge in [0.2, 0.25) is 0 Å². The molecule has 0 aromatic heterocycles. The van der Waals surface area contributed by atoms with Crippen LogP contribution in [0.15, 0.2) is 23.4 Å². The largest absolute Gasteiger partial charge is 0.507 e. The van der Waals surface area contributed by atoms with Crippen molar-refractivity contribution in [1.29, 1.82) is 0 Å². The van der Waals surface area contributed by atoms with E-state index in [1.54, 1.807) is 0 Å². The molecule has 5 nitrogen and oxygen atoms in total. The maximum atomic E-state index is 10.6. The summed E-state index contributed by atoms with van der Waals surface area (Å²) in [6.45, 7) is 1.46. The lowest BCUT2D eigenvalue weighted by Crippen LogP contribution is -2.01. The van der Waals surface area contributed by atoms with Crippen molar-refractivity contribution in [3.63, 3.8) is 0 Å². The van der Waals surface area contributed by atoms with E-state index in [1.807, 2.05) is 0 Å². The Hall–Kier alpha value is -2.04. The third kappa shape index (κ3) is 1.82. The molecule has 0 saturated carbocycles. The molecule has 1 aromatic rings. The first kappa shape index (κ1) is 10.0. The van der Waals surface area contributed by atoms with Gasteiger partial charge >= 0.3 is 5.97 Å². The van der Waals surface area contributed by atoms with Gasteiger partial charge in [-0.1, -0.05) is 5.16 Å². The van der Waals surface area contributed by atoms with Crippen LogP contribution in [0.3, 0.4) is 0 Å². The lowest BCUT2D eigenvalue weighted by atomic mass is 10.1. The fraction of sp³-hybridized carbons (Fsp3) is 0.111. The lowest BCUT2D eigenvalue weighted by Gasteiger charge is -2.03. The third-order valence-electron chi connectivity index (χ3n) is 1.78. The quantitative estimate of drug-likeness (QED) is 0.376. The van der Waals surface area contributed by atoms with Crippen LogP contribution in [0.25, 0.3) is 0 Å². The van der Waals surface area contributed by atoms with Gasteiger partial charge in [0.1, 0.15) is 5.75 Å². The van der Waals surface area contributed by atoms with Crippen molar-refractivity contribution in [1.82, 2.24) is 0 Å². The van der Waals surface area contributed by atoms with Gasteiger partial charge in [-0.3, -0.25) is 0 Å². The first-order valence-corrected chi connectivity index (χ1v) is 3.81. The number of hydrogen-bond donors (Lipinski definition) is 3. The molecule has 0 amide bonds. The highest BCUT2D eigenvalue weighted by molar-refractivity contribution is 6.02. The minimum Gasteiger partial charge on any atom is -0.507 e. The van der Waals surface area contributed by atoms with Crippen molar-refractivity contribution < 1.29 is 20.2 Å². The van der Waals surface area contributed by atoms with Gasteiger partial charge in [-0.2, -0.15) is 0 Å². The fourth-order valence-corrected chi connectivity index (χ4v) is 1.01. The molecule has 0 heterocycles. The Kier molecular flexibility index (Phi) is 2.71. The summed E-state index contributed by atoms with van der Waals surface area (Å²) in [6, 6.07) is 3.76. The van der Waals surface area contributed by atoms with Crippen molar-refractivity contribution in [2.45, 2.75) is 6.92 Å². The second-order valence-electron chi connectivity index (χ2n) is 2.72. The number of hydrogen-bond acceptors (Lipinski definition) is 4. The van der Waals surface area contributed by atoms with E-state index in [4.69, 9.17) is 10.3 Å². The molecular formula is C9H9NO4. The van der Waals surface area contributed by atoms with Crippen molar-refractivity contribution >= 4 is 11.7 Å². The van der Waals surface area contributed by atoms with Gasteiger partial charge in [-0.15, -0.1) is 0 Å². The number of oxime groups is 1. The first-order chi connectivity index (χ1) is 6.56. The van der Waals surface area contributed by atoms with Crippen LogP contribution in [0.2, 0.25) is 0 Å². The molecule has 0 radical (unpaired) electrons. The predicted molar refractivity (Wildman–Crippen MR) is 49.1 cm³/mol. The molecule has 0 atom stereocenters. The van der Waals surface area contributed by atoms with Gasteiger partial charge < -0.3 is 15.4 Å². The van der Waals surface area contributed by atoms with Crippen LogP contribution < -0.4 is 0 Å². The average molecular weight is 195 g/mol. The van der Waals surface area contributed by atoms with Crippen LogP contribution in [0.5, 0.6) is 5.75 Å². The predicted octanol–water partition coefficient (Wildman–Crippen LogP) is 1.29. The molecule has 0 saturated heterocycles. The maximum Gasteiger partial charge on any atom is 0.335 e. The molecule has 0 fully saturated rings. The number of rotatable bonds is 2. The smallest absolute Gasteiger partial charge is 0.335 e. The molecule has 3 N–H and O–H groups in total. The highest BCUT2D eigenvalue weighted by atomic mass is 16.4. The summed E-state index contributed by atoms with van der Waals surface area (Å²) in [6.07, 6.45) is 0. The molecule has 0 aliphatic carbocycles. The van der Waals surface area contributed by atoms with E-state index >= 15 is 0 Å². The molecule has 1 aromatic carbocycles. The second-order valence-corrected chi connectivity index (χ2v) is 2.72. The van der Waals surface area contributed by atoms with E-state index in [-0.39, 0.29) is 22.6 Å². The first-order valence-electron chi connectivity index (χ1n) is 3.81. The second kappa shape index (κ2) is 3.78. The van der Waals surface area contributed by atoms with E-state index in [2.05, 4.69) is 5.16 Å². The molecule has 0 aliphatic heterocycles. The van der Waals surface area contributed by atoms with E-state index in [0.717, 1.165) is 0 Å². The Morgan fingerprint density at radius 3 is 2.57 bits per heavy atom. The van der Waals surface area contributed by atoms with Gasteiger partial charge in [0.25, 0.3) is 0 Å². The number of carboxylic acid groups (broad SMARTS) is 1. The van der Waals surface area contributed by atoms with Gasteiger partial charge in [-0.25, -0.2) is 4.79 Å². The SMILES string of the molecule is C/C(=N/O)c1cc(C(=O)O)ccc1O. The Bertz CT molecular complexity index is 398. The summed E-state index contributed by atoms with van der Waals surface area (Å²) < 4.78 is 0. The number of phenols is 1. The van der Waals surface area contributed by atoms with Crippen LogP contribution in [-0.4, -0.2) is 27.1 Å². The van der Waals surface area contributed by atoms with E-state index in [0.29, 0.717) is 0 Å². The summed E-state index contributed by atoms with van der Waals surface area (Å²) in [7, 11) is 0. The molecule has 74 valence electrons. The zero-order valence-corrected chi connectivity index (χ0v) is 7.43. The maximum absolute atomic E-state index is 10.6. The highest BCUT2D eigenvalue weighted by Gasteiger charge is 2.09. The Morgan fingerprint density at radius 2 is 2.07 bits per heavy atom. The van der Waals surface area contributed by atoms with Crippen molar-refractivity contribution in [3.8, 4) is 5.75 Å². The Balaban J connectivity index is 3.28. The molecule has 14 heavy (non-hydrogen) atoms. The topological polar surface area (TPSA) is 90.1 Å². The molecule has 1 rings (SSSR count). The fourth-order valence-electron chi connectivity index (χ4n) is 1.01. The van der Waals surface area contributed by atoms with E-state index in [9.17, 15) is 9.90 Å². The lowest BCUT2D eigenvalue weighted by molar-refractivity contribution is 0.0697. The zero-order chi connectivity index (χ0) is 10.7. The summed E-state index contributed by atoms with van der Waals surface area (Å²) in [4.78, 5) is 10.6. The number of phenolic OH excluding ortho intramolecular Hbond substituents is 1. The van der Waals surface area contributed by atoms with Crippen LogP contribution in [0, 0.1) is 0 Å². The van der Waals surface area contributed by atoms with E-state index in [1.165, 1.54) is 25.1 Å². The van der Waals surface area contributed by atoms with Gasteiger partial charge in [0, 0.05) is 5.56 Å². The van der Waals surface area contributed by atoms with Crippen LogP contribution in [0.4, 0.5) is 0 Å². The number of benzene rings is 1. The van der Waals surface area contributed by atoms with Crippen LogP contribution in [0.1, 0.15) is 22.8 Å². The van der Waals surface area contributed by atoms with Crippen molar-refractivity contribution in [2.24, 2.45) is 5.16 Å². The zero-order valence-electron chi connectivity index (χ0n) is 7.43. The Labute approximate surface area is 79.9 Å². The molecule has 5 heteroatoms. The van der Waals surface area contributed by atoms with Gasteiger partial charge in [-0.05, 0) is 25.1 Å². The minimum atomic E-state index is -1.10. The van der Waals surface area contributed by atoms with Crippen LogP contribution in [-0.2, 0) is 0 Å². The molecule has 0 unspecified atom stereocenters. The average Bonchev–Trinajstić information content (AvgIpc) is 2.17. The highest BCUT2D eigenvalue weighted by Crippen LogP contribution is 2.19. The number of carboxylic acids is 1. The standard InChI is InChI=1S/C9H9NO4/c1-5(10-14)7-4-6(9(12)13)2-3-8(7)11/h2-4,11,14H,1H3,(H,12,13)/b10-5-. The van der Waals surface area contributed by atoms with Crippen molar-refractivity contribution in [2.75, 3.05) is 0 Å². The molecule has 0 aliphatic rings. The number of carbonyl (C=O) groups is 1. The summed E-state index contributed by atoms with van der Waals surface area (Å²) in [5.41, 5.74) is 0.388. The summed E-state index contributed by atoms with van der Waals surface area (Å²) in [5.74, 6) is -1.22. The monoisotopic (exact) mass is 195 g/mol. The molecule has 0 spiro atoms. The summed E-state index contributed by atoms with van der Waals surface area (Å²) >= 11 is 0.